The Morgan fingerprint density at radius 2 is 2.10 bits per heavy atom. The molecule has 1 N–H and O–H groups in total. The summed E-state index contributed by atoms with van der Waals surface area (Å²) in [5.41, 5.74) is 0. The number of aromatic nitrogens is 4. The van der Waals surface area contributed by atoms with Crippen molar-refractivity contribution < 1.29 is 14.6 Å². The van der Waals surface area contributed by atoms with Gasteiger partial charge >= 0.3 is 5.97 Å². The van der Waals surface area contributed by atoms with Gasteiger partial charge < -0.3 is 9.84 Å². The predicted molar refractivity (Wildman–Crippen MR) is 70.7 cm³/mol. The van der Waals surface area contributed by atoms with Gasteiger partial charge in [0.05, 0.1) is 13.0 Å². The zero-order valence-electron chi connectivity index (χ0n) is 10.6. The van der Waals surface area contributed by atoms with Gasteiger partial charge in [-0.2, -0.15) is 0 Å². The summed E-state index contributed by atoms with van der Waals surface area (Å²) in [6, 6.07) is 7.03. The van der Waals surface area contributed by atoms with Gasteiger partial charge in [-0.3, -0.25) is 4.79 Å². The summed E-state index contributed by atoms with van der Waals surface area (Å²) in [6.45, 7) is 0.831. The van der Waals surface area contributed by atoms with Crippen molar-refractivity contribution in [3.05, 3.63) is 35.1 Å². The fourth-order valence-electron chi connectivity index (χ4n) is 1.58. The standard InChI is InChI=1S/C12H13ClN4O3/c13-9-1-3-10(4-2-9)20-8-7-17-11(14-15-16-17)5-6-12(18)19/h1-4H,5-8H2,(H,18,19). The molecule has 7 nitrogen and oxygen atoms in total. The van der Waals surface area contributed by atoms with Crippen LogP contribution in [0.2, 0.25) is 5.02 Å². The van der Waals surface area contributed by atoms with Gasteiger partial charge in [-0.25, -0.2) is 4.68 Å². The lowest BCUT2D eigenvalue weighted by Gasteiger charge is -2.07. The molecule has 0 radical (unpaired) electrons. The van der Waals surface area contributed by atoms with Crippen molar-refractivity contribution in [3.8, 4) is 5.75 Å². The maximum Gasteiger partial charge on any atom is 0.303 e. The number of rotatable bonds is 7. The molecular formula is C12H13ClN4O3. The van der Waals surface area contributed by atoms with E-state index in [9.17, 15) is 4.79 Å². The molecule has 0 aliphatic heterocycles. The Hall–Kier alpha value is -2.15. The molecule has 0 aliphatic rings. The molecule has 8 heteroatoms. The molecule has 20 heavy (non-hydrogen) atoms. The van der Waals surface area contributed by atoms with Gasteiger partial charge in [-0.1, -0.05) is 11.6 Å². The molecule has 0 unspecified atom stereocenters. The molecule has 106 valence electrons. The van der Waals surface area contributed by atoms with Crippen LogP contribution in [-0.2, 0) is 17.8 Å². The van der Waals surface area contributed by atoms with E-state index in [1.807, 2.05) is 0 Å². The van der Waals surface area contributed by atoms with E-state index in [-0.39, 0.29) is 6.42 Å². The van der Waals surface area contributed by atoms with Crippen LogP contribution in [0.1, 0.15) is 12.2 Å². The lowest BCUT2D eigenvalue weighted by Crippen LogP contribution is -2.13. The first-order valence-electron chi connectivity index (χ1n) is 6.00. The maximum absolute atomic E-state index is 10.5. The minimum Gasteiger partial charge on any atom is -0.492 e. The summed E-state index contributed by atoms with van der Waals surface area (Å²) in [4.78, 5) is 10.5. The van der Waals surface area contributed by atoms with Gasteiger partial charge in [0.15, 0.2) is 5.82 Å². The van der Waals surface area contributed by atoms with Gasteiger partial charge in [0, 0.05) is 11.4 Å². The molecular weight excluding hydrogens is 284 g/mol. The Labute approximate surface area is 120 Å². The number of benzene rings is 1. The number of hydrogen-bond acceptors (Lipinski definition) is 5. The lowest BCUT2D eigenvalue weighted by atomic mass is 10.3. The van der Waals surface area contributed by atoms with Crippen molar-refractivity contribution in [1.29, 1.82) is 0 Å². The summed E-state index contributed by atoms with van der Waals surface area (Å²) >= 11 is 5.77. The van der Waals surface area contributed by atoms with Crippen LogP contribution in [0.4, 0.5) is 0 Å². The van der Waals surface area contributed by atoms with Crippen molar-refractivity contribution in [3.63, 3.8) is 0 Å². The zero-order valence-corrected chi connectivity index (χ0v) is 11.3. The van der Waals surface area contributed by atoms with Gasteiger partial charge in [0.2, 0.25) is 0 Å². The van der Waals surface area contributed by atoms with Crippen molar-refractivity contribution in [2.75, 3.05) is 6.61 Å². The van der Waals surface area contributed by atoms with Crippen molar-refractivity contribution >= 4 is 17.6 Å². The summed E-state index contributed by atoms with van der Waals surface area (Å²) < 4.78 is 7.06. The molecule has 0 bridgehead atoms. The van der Waals surface area contributed by atoms with E-state index in [4.69, 9.17) is 21.4 Å². The first-order valence-corrected chi connectivity index (χ1v) is 6.38. The fraction of sp³-hybridized carbons (Fsp3) is 0.333. The fourth-order valence-corrected chi connectivity index (χ4v) is 1.70. The van der Waals surface area contributed by atoms with Crippen LogP contribution in [0.3, 0.4) is 0 Å². The average molecular weight is 297 g/mol. The molecule has 2 aromatic rings. The zero-order chi connectivity index (χ0) is 14.4. The van der Waals surface area contributed by atoms with Crippen LogP contribution in [0.25, 0.3) is 0 Å². The molecule has 1 aromatic carbocycles. The minimum absolute atomic E-state index is 0.00157. The maximum atomic E-state index is 10.5. The molecule has 0 aliphatic carbocycles. The third-order valence-corrected chi connectivity index (χ3v) is 2.81. The SMILES string of the molecule is O=C(O)CCc1nnnn1CCOc1ccc(Cl)cc1. The van der Waals surface area contributed by atoms with Crippen LogP contribution >= 0.6 is 11.6 Å². The van der Waals surface area contributed by atoms with E-state index in [1.165, 1.54) is 0 Å². The topological polar surface area (TPSA) is 90.1 Å². The number of hydrogen-bond donors (Lipinski definition) is 1. The Bertz CT molecular complexity index is 570. The lowest BCUT2D eigenvalue weighted by molar-refractivity contribution is -0.137. The number of halogens is 1. The smallest absolute Gasteiger partial charge is 0.303 e. The summed E-state index contributed by atoms with van der Waals surface area (Å²) in [7, 11) is 0. The second-order valence-corrected chi connectivity index (χ2v) is 4.45. The van der Waals surface area contributed by atoms with E-state index in [0.717, 1.165) is 0 Å². The average Bonchev–Trinajstić information content (AvgIpc) is 2.86. The number of tetrazole rings is 1. The van der Waals surface area contributed by atoms with Gasteiger partial charge in [0.1, 0.15) is 12.4 Å². The second-order valence-electron chi connectivity index (χ2n) is 4.01. The molecule has 1 heterocycles. The van der Waals surface area contributed by atoms with Crippen LogP contribution in [-0.4, -0.2) is 37.9 Å². The largest absolute Gasteiger partial charge is 0.492 e. The third-order valence-electron chi connectivity index (χ3n) is 2.55. The molecule has 0 saturated carbocycles. The molecule has 0 amide bonds. The van der Waals surface area contributed by atoms with E-state index in [1.54, 1.807) is 28.9 Å². The van der Waals surface area contributed by atoms with Crippen molar-refractivity contribution in [1.82, 2.24) is 20.2 Å². The Kier molecular flexibility index (Phi) is 4.89. The minimum atomic E-state index is -0.878. The summed E-state index contributed by atoms with van der Waals surface area (Å²) in [5, 5.41) is 20.4. The highest BCUT2D eigenvalue weighted by molar-refractivity contribution is 6.30. The second kappa shape index (κ2) is 6.85. The summed E-state index contributed by atoms with van der Waals surface area (Å²) in [5.74, 6) is 0.360. The van der Waals surface area contributed by atoms with Gasteiger partial charge in [0.25, 0.3) is 0 Å². The molecule has 0 saturated heterocycles. The van der Waals surface area contributed by atoms with Crippen LogP contribution < -0.4 is 4.74 Å². The van der Waals surface area contributed by atoms with E-state index in [2.05, 4.69) is 15.5 Å². The molecule has 0 spiro atoms. The number of carboxylic acids is 1. The van der Waals surface area contributed by atoms with Crippen LogP contribution in [0.15, 0.2) is 24.3 Å². The number of nitrogens with zero attached hydrogens (tertiary/aromatic N) is 4. The number of aryl methyl sites for hydroxylation is 1. The van der Waals surface area contributed by atoms with Crippen LogP contribution in [0, 0.1) is 0 Å². The van der Waals surface area contributed by atoms with Crippen molar-refractivity contribution in [2.45, 2.75) is 19.4 Å². The molecule has 2 rings (SSSR count). The molecule has 0 fully saturated rings. The number of ether oxygens (including phenoxy) is 1. The monoisotopic (exact) mass is 296 g/mol. The Morgan fingerprint density at radius 3 is 2.80 bits per heavy atom. The van der Waals surface area contributed by atoms with Crippen LogP contribution in [0.5, 0.6) is 5.75 Å². The number of carboxylic acid groups (broad SMARTS) is 1. The first-order chi connectivity index (χ1) is 9.65. The number of aliphatic carboxylic acids is 1. The quantitative estimate of drug-likeness (QED) is 0.831. The first kappa shape index (κ1) is 14.3. The highest BCUT2D eigenvalue weighted by Gasteiger charge is 2.08. The van der Waals surface area contributed by atoms with E-state index >= 15 is 0 Å². The predicted octanol–water partition coefficient (Wildman–Crippen LogP) is 1.42. The van der Waals surface area contributed by atoms with Crippen molar-refractivity contribution in [2.24, 2.45) is 0 Å². The van der Waals surface area contributed by atoms with E-state index in [0.29, 0.717) is 36.2 Å². The normalized spacial score (nSPS) is 10.4. The van der Waals surface area contributed by atoms with Gasteiger partial charge in [-0.05, 0) is 34.7 Å². The highest BCUT2D eigenvalue weighted by atomic mass is 35.5. The highest BCUT2D eigenvalue weighted by Crippen LogP contribution is 2.15. The molecule has 0 atom stereocenters. The Morgan fingerprint density at radius 1 is 1.35 bits per heavy atom. The molecule has 1 aromatic heterocycles. The van der Waals surface area contributed by atoms with E-state index < -0.39 is 5.97 Å². The Balaban J connectivity index is 1.83. The summed E-state index contributed by atoms with van der Waals surface area (Å²) in [6.07, 6.45) is 0.293. The third kappa shape index (κ3) is 4.20. The number of carbonyl (C=O) groups is 1. The van der Waals surface area contributed by atoms with Gasteiger partial charge in [-0.15, -0.1) is 5.10 Å².